The summed E-state index contributed by atoms with van der Waals surface area (Å²) in [6, 6.07) is 7.22. The fourth-order valence-electron chi connectivity index (χ4n) is 3.06. The quantitative estimate of drug-likeness (QED) is 0.838. The van der Waals surface area contributed by atoms with E-state index in [2.05, 4.69) is 44.9 Å². The van der Waals surface area contributed by atoms with Gasteiger partial charge in [0, 0.05) is 12.1 Å². The van der Waals surface area contributed by atoms with Gasteiger partial charge < -0.3 is 10.4 Å². The standard InChI is InChI=1S/C18H23NO2/c1-17(2)15(18(17,3)4)12-19-16(21)14-10-6-5-8-13(14)9-7-11-20/h5-6,8,10,15,20H,11-12H2,1-4H3,(H,19,21). The summed E-state index contributed by atoms with van der Waals surface area (Å²) < 4.78 is 0. The van der Waals surface area contributed by atoms with Crippen LogP contribution in [0.2, 0.25) is 0 Å². The van der Waals surface area contributed by atoms with Crippen LogP contribution in [0, 0.1) is 28.6 Å². The molecule has 0 atom stereocenters. The van der Waals surface area contributed by atoms with Crippen molar-refractivity contribution in [1.29, 1.82) is 0 Å². The molecule has 1 aromatic carbocycles. The molecule has 1 aliphatic rings. The summed E-state index contributed by atoms with van der Waals surface area (Å²) in [5.74, 6) is 5.80. The Balaban J connectivity index is 2.05. The van der Waals surface area contributed by atoms with Gasteiger partial charge in [0.1, 0.15) is 6.61 Å². The molecule has 0 unspecified atom stereocenters. The first kappa shape index (κ1) is 15.6. The average Bonchev–Trinajstić information content (AvgIpc) is 2.84. The summed E-state index contributed by atoms with van der Waals surface area (Å²) in [5, 5.41) is 11.8. The molecule has 1 amide bonds. The maximum absolute atomic E-state index is 12.3. The van der Waals surface area contributed by atoms with E-state index in [-0.39, 0.29) is 23.3 Å². The number of nitrogens with one attached hydrogen (secondary N) is 1. The minimum atomic E-state index is -0.208. The molecule has 1 aliphatic carbocycles. The van der Waals surface area contributed by atoms with Gasteiger partial charge >= 0.3 is 0 Å². The van der Waals surface area contributed by atoms with Crippen molar-refractivity contribution < 1.29 is 9.90 Å². The smallest absolute Gasteiger partial charge is 0.252 e. The number of benzene rings is 1. The van der Waals surface area contributed by atoms with Crippen molar-refractivity contribution in [2.45, 2.75) is 27.7 Å². The van der Waals surface area contributed by atoms with Crippen LogP contribution in [0.25, 0.3) is 0 Å². The van der Waals surface area contributed by atoms with E-state index in [1.165, 1.54) is 0 Å². The van der Waals surface area contributed by atoms with Crippen molar-refractivity contribution in [3.63, 3.8) is 0 Å². The molecule has 1 saturated carbocycles. The minimum Gasteiger partial charge on any atom is -0.384 e. The van der Waals surface area contributed by atoms with E-state index in [1.807, 2.05) is 12.1 Å². The first-order valence-electron chi connectivity index (χ1n) is 7.29. The van der Waals surface area contributed by atoms with Crippen LogP contribution in [0.4, 0.5) is 0 Å². The highest BCUT2D eigenvalue weighted by Gasteiger charge is 2.64. The third-order valence-electron chi connectivity index (χ3n) is 5.26. The molecular weight excluding hydrogens is 262 g/mol. The van der Waals surface area contributed by atoms with Gasteiger partial charge in [0.2, 0.25) is 0 Å². The summed E-state index contributed by atoms with van der Waals surface area (Å²) in [6.45, 7) is 9.44. The maximum Gasteiger partial charge on any atom is 0.252 e. The van der Waals surface area contributed by atoms with E-state index < -0.39 is 0 Å². The van der Waals surface area contributed by atoms with E-state index in [0.717, 1.165) is 0 Å². The molecule has 0 bridgehead atoms. The van der Waals surface area contributed by atoms with E-state index in [4.69, 9.17) is 5.11 Å². The molecule has 3 heteroatoms. The van der Waals surface area contributed by atoms with Gasteiger partial charge in [-0.05, 0) is 28.9 Å². The molecule has 112 valence electrons. The SMILES string of the molecule is CC1(C)C(CNC(=O)c2ccccc2C#CCO)C1(C)C. The highest BCUT2D eigenvalue weighted by Crippen LogP contribution is 2.67. The van der Waals surface area contributed by atoms with Crippen LogP contribution in [0.5, 0.6) is 0 Å². The molecule has 0 aromatic heterocycles. The van der Waals surface area contributed by atoms with Gasteiger partial charge in [0.05, 0.1) is 5.56 Å². The molecule has 3 nitrogen and oxygen atoms in total. The van der Waals surface area contributed by atoms with Crippen LogP contribution in [-0.2, 0) is 0 Å². The number of hydrogen-bond donors (Lipinski definition) is 2. The molecule has 21 heavy (non-hydrogen) atoms. The average molecular weight is 285 g/mol. The minimum absolute atomic E-state index is 0.101. The zero-order valence-corrected chi connectivity index (χ0v) is 13.2. The Hall–Kier alpha value is -1.79. The first-order valence-corrected chi connectivity index (χ1v) is 7.29. The molecule has 1 aromatic rings. The number of aliphatic hydroxyl groups excluding tert-OH is 1. The predicted molar refractivity (Wildman–Crippen MR) is 83.8 cm³/mol. The Labute approximate surface area is 126 Å². The van der Waals surface area contributed by atoms with Crippen LogP contribution in [-0.4, -0.2) is 24.2 Å². The molecule has 2 rings (SSSR count). The van der Waals surface area contributed by atoms with Gasteiger partial charge in [0.25, 0.3) is 5.91 Å². The zero-order valence-electron chi connectivity index (χ0n) is 13.2. The van der Waals surface area contributed by atoms with Crippen molar-refractivity contribution in [1.82, 2.24) is 5.32 Å². The lowest BCUT2D eigenvalue weighted by molar-refractivity contribution is 0.0949. The van der Waals surface area contributed by atoms with Crippen LogP contribution >= 0.6 is 0 Å². The molecule has 0 spiro atoms. The Bertz CT molecular complexity index is 591. The molecule has 0 aliphatic heterocycles. The van der Waals surface area contributed by atoms with Crippen molar-refractivity contribution in [3.8, 4) is 11.8 Å². The fraction of sp³-hybridized carbons (Fsp3) is 0.500. The van der Waals surface area contributed by atoms with Crippen LogP contribution in [0.3, 0.4) is 0 Å². The second kappa shape index (κ2) is 5.54. The summed E-state index contributed by atoms with van der Waals surface area (Å²) in [7, 11) is 0. The van der Waals surface area contributed by atoms with Gasteiger partial charge in [-0.2, -0.15) is 0 Å². The number of amides is 1. The maximum atomic E-state index is 12.3. The monoisotopic (exact) mass is 285 g/mol. The van der Waals surface area contributed by atoms with Gasteiger partial charge in [-0.15, -0.1) is 0 Å². The van der Waals surface area contributed by atoms with Crippen molar-refractivity contribution in [2.24, 2.45) is 16.7 Å². The topological polar surface area (TPSA) is 49.3 Å². The first-order chi connectivity index (χ1) is 9.82. The van der Waals surface area contributed by atoms with E-state index in [0.29, 0.717) is 23.6 Å². The largest absolute Gasteiger partial charge is 0.384 e. The van der Waals surface area contributed by atoms with Crippen molar-refractivity contribution in [2.75, 3.05) is 13.2 Å². The second-order valence-electron chi connectivity index (χ2n) is 6.71. The summed E-state index contributed by atoms with van der Waals surface area (Å²) in [6.07, 6.45) is 0. The molecule has 1 fully saturated rings. The van der Waals surface area contributed by atoms with Gasteiger partial charge in [-0.25, -0.2) is 0 Å². The van der Waals surface area contributed by atoms with Crippen molar-refractivity contribution in [3.05, 3.63) is 35.4 Å². The molecule has 2 N–H and O–H groups in total. The normalized spacial score (nSPS) is 18.5. The predicted octanol–water partition coefficient (Wildman–Crippen LogP) is 2.44. The Kier molecular flexibility index (Phi) is 4.11. The molecule has 0 saturated heterocycles. The second-order valence-corrected chi connectivity index (χ2v) is 6.71. The summed E-state index contributed by atoms with van der Waals surface area (Å²) in [5.41, 5.74) is 1.74. The molecule has 0 radical (unpaired) electrons. The molecule has 0 heterocycles. The zero-order chi connectivity index (χ0) is 15.7. The van der Waals surface area contributed by atoms with E-state index >= 15 is 0 Å². The number of hydrogen-bond acceptors (Lipinski definition) is 2. The Morgan fingerprint density at radius 3 is 2.43 bits per heavy atom. The summed E-state index contributed by atoms with van der Waals surface area (Å²) in [4.78, 5) is 12.3. The number of carbonyl (C=O) groups excluding carboxylic acids is 1. The Morgan fingerprint density at radius 2 is 1.86 bits per heavy atom. The number of carbonyl (C=O) groups is 1. The summed E-state index contributed by atoms with van der Waals surface area (Å²) >= 11 is 0. The van der Waals surface area contributed by atoms with Gasteiger partial charge in [0.15, 0.2) is 0 Å². The van der Waals surface area contributed by atoms with Crippen LogP contribution in [0.1, 0.15) is 43.6 Å². The van der Waals surface area contributed by atoms with Crippen LogP contribution < -0.4 is 5.32 Å². The van der Waals surface area contributed by atoms with Crippen LogP contribution in [0.15, 0.2) is 24.3 Å². The highest BCUT2D eigenvalue weighted by molar-refractivity contribution is 5.96. The lowest BCUT2D eigenvalue weighted by Gasteiger charge is -2.08. The Morgan fingerprint density at radius 1 is 1.24 bits per heavy atom. The lowest BCUT2D eigenvalue weighted by atomic mass is 10.0. The number of rotatable bonds is 3. The van der Waals surface area contributed by atoms with E-state index in [1.54, 1.807) is 12.1 Å². The van der Waals surface area contributed by atoms with Crippen molar-refractivity contribution >= 4 is 5.91 Å². The lowest BCUT2D eigenvalue weighted by Crippen LogP contribution is -2.27. The number of aliphatic hydroxyl groups is 1. The third-order valence-corrected chi connectivity index (χ3v) is 5.26. The molecular formula is C18H23NO2. The highest BCUT2D eigenvalue weighted by atomic mass is 16.2. The van der Waals surface area contributed by atoms with E-state index in [9.17, 15) is 4.79 Å². The third kappa shape index (κ3) is 2.82. The fourth-order valence-corrected chi connectivity index (χ4v) is 3.06. The van der Waals surface area contributed by atoms with Gasteiger partial charge in [-0.1, -0.05) is 51.7 Å². The van der Waals surface area contributed by atoms with Gasteiger partial charge in [-0.3, -0.25) is 4.79 Å².